The lowest BCUT2D eigenvalue weighted by Crippen LogP contribution is -2.48. The van der Waals surface area contributed by atoms with Crippen LogP contribution in [0.3, 0.4) is 0 Å². The topological polar surface area (TPSA) is 90.2 Å². The maximum atomic E-state index is 12.1. The fourth-order valence-electron chi connectivity index (χ4n) is 1.31. The lowest BCUT2D eigenvalue weighted by molar-refractivity contribution is 0.191. The number of sulfonamides is 1. The molecule has 0 heterocycles. The minimum Gasteiger partial charge on any atom is -0.394 e. The molecule has 2 N–H and O–H groups in total. The molecule has 0 amide bonds. The first-order chi connectivity index (χ1) is 8.37. The smallest absolute Gasteiger partial charge is 0.241 e. The highest BCUT2D eigenvalue weighted by atomic mass is 32.2. The fraction of sp³-hybridized carbons (Fsp3) is 0.417. The second kappa shape index (κ2) is 5.48. The lowest BCUT2D eigenvalue weighted by atomic mass is 10.0. The Labute approximate surface area is 107 Å². The first kappa shape index (κ1) is 14.6. The highest BCUT2D eigenvalue weighted by molar-refractivity contribution is 7.89. The van der Waals surface area contributed by atoms with E-state index in [1.807, 2.05) is 6.07 Å². The monoisotopic (exact) mass is 268 g/mol. The quantitative estimate of drug-likeness (QED) is 0.833. The molecule has 0 spiro atoms. The largest absolute Gasteiger partial charge is 0.394 e. The van der Waals surface area contributed by atoms with Gasteiger partial charge >= 0.3 is 0 Å². The molecule has 1 aromatic rings. The van der Waals surface area contributed by atoms with Crippen LogP contribution in [0.25, 0.3) is 0 Å². The second-order valence-electron chi connectivity index (χ2n) is 4.31. The van der Waals surface area contributed by atoms with Crippen molar-refractivity contribution >= 4 is 10.0 Å². The number of nitrogens with zero attached hydrogens (tertiary/aromatic N) is 1. The van der Waals surface area contributed by atoms with Crippen LogP contribution < -0.4 is 4.72 Å². The van der Waals surface area contributed by atoms with Crippen molar-refractivity contribution in [3.63, 3.8) is 0 Å². The molecule has 5 nitrogen and oxygen atoms in total. The summed E-state index contributed by atoms with van der Waals surface area (Å²) in [5, 5.41) is 17.9. The molecular formula is C12H16N2O3S. The van der Waals surface area contributed by atoms with Crippen molar-refractivity contribution in [2.24, 2.45) is 0 Å². The van der Waals surface area contributed by atoms with Gasteiger partial charge in [-0.15, -0.1) is 0 Å². The van der Waals surface area contributed by atoms with Gasteiger partial charge < -0.3 is 5.11 Å². The molecule has 18 heavy (non-hydrogen) atoms. The summed E-state index contributed by atoms with van der Waals surface area (Å²) in [6.45, 7) is 3.14. The summed E-state index contributed by atoms with van der Waals surface area (Å²) in [5.41, 5.74) is -0.485. The molecule has 1 rings (SSSR count). The first-order valence-electron chi connectivity index (χ1n) is 5.52. The van der Waals surface area contributed by atoms with Gasteiger partial charge in [0.15, 0.2) is 0 Å². The average molecular weight is 268 g/mol. The third-order valence-electron chi connectivity index (χ3n) is 2.80. The predicted molar refractivity (Wildman–Crippen MR) is 67.3 cm³/mol. The Kier molecular flexibility index (Phi) is 4.46. The highest BCUT2D eigenvalue weighted by Gasteiger charge is 2.28. The molecule has 0 aliphatic carbocycles. The molecule has 1 aromatic carbocycles. The number of hydrogen-bond donors (Lipinski definition) is 2. The number of aliphatic hydroxyl groups is 1. The van der Waals surface area contributed by atoms with Gasteiger partial charge in [-0.25, -0.2) is 13.1 Å². The van der Waals surface area contributed by atoms with Gasteiger partial charge in [0.25, 0.3) is 0 Å². The van der Waals surface area contributed by atoms with Crippen LogP contribution in [0.4, 0.5) is 0 Å². The minimum atomic E-state index is -3.69. The Morgan fingerprint density at radius 3 is 2.33 bits per heavy atom. The Morgan fingerprint density at radius 2 is 1.94 bits per heavy atom. The average Bonchev–Trinajstić information content (AvgIpc) is 2.38. The van der Waals surface area contributed by atoms with Gasteiger partial charge in [-0.3, -0.25) is 0 Å². The van der Waals surface area contributed by atoms with Gasteiger partial charge in [0.1, 0.15) is 0 Å². The Hall–Kier alpha value is -1.42. The molecule has 0 aliphatic rings. The van der Waals surface area contributed by atoms with Crippen molar-refractivity contribution in [2.45, 2.75) is 30.7 Å². The summed E-state index contributed by atoms with van der Waals surface area (Å²) in [4.78, 5) is 0.0784. The zero-order chi connectivity index (χ0) is 13.8. The second-order valence-corrected chi connectivity index (χ2v) is 6.00. The van der Waals surface area contributed by atoms with E-state index in [1.165, 1.54) is 24.3 Å². The highest BCUT2D eigenvalue weighted by Crippen LogP contribution is 2.16. The maximum Gasteiger partial charge on any atom is 0.241 e. The summed E-state index contributed by atoms with van der Waals surface area (Å²) in [6, 6.07) is 7.54. The summed E-state index contributed by atoms with van der Waals surface area (Å²) in [6.07, 6.45) is 0.471. The number of nitriles is 1. The third kappa shape index (κ3) is 3.29. The van der Waals surface area contributed by atoms with E-state index in [-0.39, 0.29) is 11.5 Å². The number of nitrogens with one attached hydrogen (secondary N) is 1. The molecule has 6 heteroatoms. The van der Waals surface area contributed by atoms with Gasteiger partial charge in [-0.1, -0.05) is 6.92 Å². The van der Waals surface area contributed by atoms with Crippen LogP contribution in [0.1, 0.15) is 25.8 Å². The van der Waals surface area contributed by atoms with Crippen molar-refractivity contribution in [3.05, 3.63) is 29.8 Å². The number of rotatable bonds is 5. The summed E-state index contributed by atoms with van der Waals surface area (Å²) >= 11 is 0. The molecule has 0 saturated heterocycles. The van der Waals surface area contributed by atoms with E-state index >= 15 is 0 Å². The van der Waals surface area contributed by atoms with E-state index in [9.17, 15) is 13.5 Å². The third-order valence-corrected chi connectivity index (χ3v) is 4.46. The predicted octanol–water partition coefficient (Wildman–Crippen LogP) is 0.998. The van der Waals surface area contributed by atoms with Crippen LogP contribution in [-0.2, 0) is 10.0 Å². The molecular weight excluding hydrogens is 252 g/mol. The van der Waals surface area contributed by atoms with Crippen LogP contribution in [0, 0.1) is 11.3 Å². The van der Waals surface area contributed by atoms with Gasteiger partial charge in [-0.2, -0.15) is 5.26 Å². The molecule has 0 bridgehead atoms. The first-order valence-corrected chi connectivity index (χ1v) is 7.00. The molecule has 0 saturated carbocycles. The summed E-state index contributed by atoms with van der Waals surface area (Å²) in [7, 11) is -3.69. The van der Waals surface area contributed by atoms with Crippen molar-refractivity contribution in [2.75, 3.05) is 6.61 Å². The summed E-state index contributed by atoms with van der Waals surface area (Å²) in [5.74, 6) is 0. The molecule has 0 radical (unpaired) electrons. The molecule has 98 valence electrons. The van der Waals surface area contributed by atoms with Crippen LogP contribution >= 0.6 is 0 Å². The van der Waals surface area contributed by atoms with Crippen LogP contribution in [-0.4, -0.2) is 25.7 Å². The Balaban J connectivity index is 3.03. The van der Waals surface area contributed by atoms with Gasteiger partial charge in [0, 0.05) is 0 Å². The molecule has 0 aromatic heterocycles. The number of aliphatic hydroxyl groups excluding tert-OH is 1. The van der Waals surface area contributed by atoms with Crippen molar-refractivity contribution < 1.29 is 13.5 Å². The van der Waals surface area contributed by atoms with Crippen LogP contribution in [0.5, 0.6) is 0 Å². The van der Waals surface area contributed by atoms with Crippen molar-refractivity contribution in [1.29, 1.82) is 5.26 Å². The molecule has 1 atom stereocenters. The van der Waals surface area contributed by atoms with E-state index < -0.39 is 15.6 Å². The van der Waals surface area contributed by atoms with Crippen molar-refractivity contribution in [3.8, 4) is 6.07 Å². The maximum absolute atomic E-state index is 12.1. The van der Waals surface area contributed by atoms with E-state index in [0.717, 1.165) is 0 Å². The zero-order valence-electron chi connectivity index (χ0n) is 10.3. The van der Waals surface area contributed by atoms with E-state index in [4.69, 9.17) is 5.26 Å². The fourth-order valence-corrected chi connectivity index (χ4v) is 2.78. The van der Waals surface area contributed by atoms with Gasteiger partial charge in [-0.05, 0) is 37.6 Å². The van der Waals surface area contributed by atoms with E-state index in [1.54, 1.807) is 13.8 Å². The van der Waals surface area contributed by atoms with E-state index in [0.29, 0.717) is 12.0 Å². The Morgan fingerprint density at radius 1 is 1.39 bits per heavy atom. The van der Waals surface area contributed by atoms with Crippen LogP contribution in [0.2, 0.25) is 0 Å². The number of hydrogen-bond acceptors (Lipinski definition) is 4. The van der Waals surface area contributed by atoms with Crippen LogP contribution in [0.15, 0.2) is 29.2 Å². The Bertz CT molecular complexity index is 540. The minimum absolute atomic E-state index is 0.0784. The standard InChI is InChI=1S/C12H16N2O3S/c1-3-12(2,9-15)14-18(16,17)11-6-4-10(8-13)5-7-11/h4-7,14-15H,3,9H2,1-2H3. The molecule has 0 aliphatic heterocycles. The van der Waals surface area contributed by atoms with Gasteiger partial charge in [0.05, 0.1) is 28.7 Å². The van der Waals surface area contributed by atoms with Gasteiger partial charge in [0.2, 0.25) is 10.0 Å². The molecule has 1 unspecified atom stereocenters. The van der Waals surface area contributed by atoms with E-state index in [2.05, 4.69) is 4.72 Å². The SMILES string of the molecule is CCC(C)(CO)NS(=O)(=O)c1ccc(C#N)cc1. The van der Waals surface area contributed by atoms with Crippen molar-refractivity contribution in [1.82, 2.24) is 4.72 Å². The lowest BCUT2D eigenvalue weighted by Gasteiger charge is -2.26. The zero-order valence-corrected chi connectivity index (χ0v) is 11.2. The summed E-state index contributed by atoms with van der Waals surface area (Å²) < 4.78 is 26.6. The normalized spacial score (nSPS) is 14.8. The number of benzene rings is 1. The molecule has 0 fully saturated rings.